The number of halogens is 3. The van der Waals surface area contributed by atoms with Gasteiger partial charge < -0.3 is 9.80 Å². The van der Waals surface area contributed by atoms with Crippen molar-refractivity contribution in [1.82, 2.24) is 20.2 Å². The summed E-state index contributed by atoms with van der Waals surface area (Å²) in [6.45, 7) is 3.02. The van der Waals surface area contributed by atoms with Crippen LogP contribution in [0.5, 0.6) is 0 Å². The maximum Gasteiger partial charge on any atom is 0.393 e. The zero-order valence-corrected chi connectivity index (χ0v) is 19.3. The molecule has 2 aliphatic rings. The third-order valence-electron chi connectivity index (χ3n) is 6.23. The zero-order chi connectivity index (χ0) is 22.1. The molecule has 0 aromatic carbocycles. The number of hydrogen-bond donors (Lipinski definition) is 0. The lowest BCUT2D eigenvalue weighted by Crippen LogP contribution is -2.46. The number of fused-ring (bicyclic) bond motifs is 1. The Balaban J connectivity index is 1.23. The van der Waals surface area contributed by atoms with Crippen LogP contribution in [-0.2, 0) is 12.8 Å². The molecule has 32 heavy (non-hydrogen) atoms. The van der Waals surface area contributed by atoms with Gasteiger partial charge in [-0.15, -0.1) is 21.5 Å². The lowest BCUT2D eigenvalue weighted by molar-refractivity contribution is -0.126. The van der Waals surface area contributed by atoms with Gasteiger partial charge in [-0.1, -0.05) is 43.4 Å². The summed E-state index contributed by atoms with van der Waals surface area (Å²) in [5.41, 5.74) is 0. The van der Waals surface area contributed by atoms with Gasteiger partial charge in [-0.2, -0.15) is 13.2 Å². The van der Waals surface area contributed by atoms with E-state index in [0.29, 0.717) is 10.2 Å². The maximum atomic E-state index is 12.8. The number of hydrogen-bond acceptors (Lipinski definition) is 8. The highest BCUT2D eigenvalue weighted by Gasteiger charge is 2.30. The Morgan fingerprint density at radius 1 is 0.938 bits per heavy atom. The van der Waals surface area contributed by atoms with Crippen LogP contribution in [-0.4, -0.2) is 52.5 Å². The quantitative estimate of drug-likeness (QED) is 0.505. The summed E-state index contributed by atoms with van der Waals surface area (Å²) in [6.07, 6.45) is 3.94. The van der Waals surface area contributed by atoms with E-state index in [9.17, 15) is 13.2 Å². The number of nitrogens with zero attached hydrogens (tertiary/aromatic N) is 6. The lowest BCUT2D eigenvalue weighted by atomic mass is 9.87. The van der Waals surface area contributed by atoms with Crippen molar-refractivity contribution in [3.63, 3.8) is 0 Å². The Bertz CT molecular complexity index is 1050. The van der Waals surface area contributed by atoms with Gasteiger partial charge in [0, 0.05) is 37.5 Å². The highest BCUT2D eigenvalue weighted by atomic mass is 32.1. The fraction of sp³-hybridized carbons (Fsp3) is 0.619. The topological polar surface area (TPSA) is 58.0 Å². The summed E-state index contributed by atoms with van der Waals surface area (Å²) < 4.78 is 38.4. The molecule has 1 saturated carbocycles. The fourth-order valence-corrected chi connectivity index (χ4v) is 6.66. The number of anilines is 2. The van der Waals surface area contributed by atoms with Crippen LogP contribution in [0.4, 0.5) is 24.1 Å². The summed E-state index contributed by atoms with van der Waals surface area (Å²) >= 11 is 2.79. The first-order valence-electron chi connectivity index (χ1n) is 11.1. The molecule has 0 bridgehead atoms. The van der Waals surface area contributed by atoms with Crippen LogP contribution in [0.2, 0.25) is 0 Å². The van der Waals surface area contributed by atoms with Gasteiger partial charge in [-0.05, 0) is 12.0 Å². The standard InChI is InChI=1S/C21H25F3N6S2/c22-21(23,24)12-15-11-16-18(25-13-26-19(16)31-15)29-6-8-30(9-7-29)20-28-27-17(32-20)10-14-4-2-1-3-5-14/h11,13-14H,1-10,12H2. The van der Waals surface area contributed by atoms with Crippen molar-refractivity contribution < 1.29 is 13.2 Å². The van der Waals surface area contributed by atoms with Crippen LogP contribution in [0.1, 0.15) is 42.0 Å². The number of thiophene rings is 1. The van der Waals surface area contributed by atoms with Crippen molar-refractivity contribution in [2.24, 2.45) is 5.92 Å². The summed E-state index contributed by atoms with van der Waals surface area (Å²) in [4.78, 5) is 13.8. The first-order chi connectivity index (χ1) is 15.4. The molecule has 4 heterocycles. The van der Waals surface area contributed by atoms with E-state index in [0.717, 1.165) is 65.8 Å². The van der Waals surface area contributed by atoms with Crippen LogP contribution < -0.4 is 9.80 Å². The van der Waals surface area contributed by atoms with E-state index in [1.807, 2.05) is 0 Å². The van der Waals surface area contributed by atoms with Gasteiger partial charge in [-0.25, -0.2) is 9.97 Å². The van der Waals surface area contributed by atoms with Crippen molar-refractivity contribution in [1.29, 1.82) is 0 Å². The van der Waals surface area contributed by atoms with E-state index < -0.39 is 12.6 Å². The van der Waals surface area contributed by atoms with Gasteiger partial charge in [-0.3, -0.25) is 0 Å². The highest BCUT2D eigenvalue weighted by molar-refractivity contribution is 7.18. The van der Waals surface area contributed by atoms with E-state index >= 15 is 0 Å². The van der Waals surface area contributed by atoms with Crippen LogP contribution >= 0.6 is 22.7 Å². The molecule has 2 fully saturated rings. The Morgan fingerprint density at radius 3 is 2.44 bits per heavy atom. The normalized spacial score (nSPS) is 18.6. The third kappa shape index (κ3) is 4.98. The van der Waals surface area contributed by atoms with E-state index in [1.165, 1.54) is 38.4 Å². The van der Waals surface area contributed by atoms with Gasteiger partial charge in [0.25, 0.3) is 0 Å². The molecular weight excluding hydrogens is 457 g/mol. The Kier molecular flexibility index (Phi) is 6.20. The van der Waals surface area contributed by atoms with Crippen LogP contribution in [0.25, 0.3) is 10.2 Å². The minimum absolute atomic E-state index is 0.271. The van der Waals surface area contributed by atoms with E-state index in [-0.39, 0.29) is 4.88 Å². The maximum absolute atomic E-state index is 12.8. The van der Waals surface area contributed by atoms with Crippen molar-refractivity contribution in [3.8, 4) is 0 Å². The highest BCUT2D eigenvalue weighted by Crippen LogP contribution is 2.35. The first-order valence-corrected chi connectivity index (χ1v) is 12.7. The van der Waals surface area contributed by atoms with Gasteiger partial charge in [0.15, 0.2) is 0 Å². The van der Waals surface area contributed by atoms with Gasteiger partial charge in [0.05, 0.1) is 11.8 Å². The SMILES string of the molecule is FC(F)(F)Cc1cc2c(N3CCN(c4nnc(CC5CCCCC5)s4)CC3)ncnc2s1. The molecule has 0 radical (unpaired) electrons. The molecule has 172 valence electrons. The molecule has 0 unspecified atom stereocenters. The van der Waals surface area contributed by atoms with Crippen molar-refractivity contribution in [3.05, 3.63) is 22.3 Å². The Morgan fingerprint density at radius 2 is 1.69 bits per heavy atom. The molecule has 3 aromatic rings. The predicted molar refractivity (Wildman–Crippen MR) is 122 cm³/mol. The van der Waals surface area contributed by atoms with Crippen molar-refractivity contribution >= 4 is 43.8 Å². The second-order valence-corrected chi connectivity index (χ2v) is 10.7. The van der Waals surface area contributed by atoms with Crippen LogP contribution in [0.15, 0.2) is 12.4 Å². The number of alkyl halides is 3. The molecule has 0 spiro atoms. The average Bonchev–Trinajstić information content (AvgIpc) is 3.39. The molecule has 1 aliphatic heterocycles. The van der Waals surface area contributed by atoms with Crippen molar-refractivity contribution in [2.75, 3.05) is 36.0 Å². The minimum Gasteiger partial charge on any atom is -0.352 e. The summed E-state index contributed by atoms with van der Waals surface area (Å²) in [5.74, 6) is 1.46. The van der Waals surface area contributed by atoms with Crippen LogP contribution in [0.3, 0.4) is 0 Å². The molecule has 0 amide bonds. The zero-order valence-electron chi connectivity index (χ0n) is 17.6. The predicted octanol–water partition coefficient (Wildman–Crippen LogP) is 5.10. The van der Waals surface area contributed by atoms with Gasteiger partial charge in [0.1, 0.15) is 22.0 Å². The van der Waals surface area contributed by atoms with E-state index in [1.54, 1.807) is 17.4 Å². The lowest BCUT2D eigenvalue weighted by Gasteiger charge is -2.35. The molecule has 0 atom stereocenters. The number of piperazine rings is 1. The summed E-state index contributed by atoms with van der Waals surface area (Å²) in [6, 6.07) is 1.59. The van der Waals surface area contributed by atoms with Gasteiger partial charge in [0.2, 0.25) is 5.13 Å². The second kappa shape index (κ2) is 9.09. The molecule has 1 aliphatic carbocycles. The molecule has 0 N–H and O–H groups in total. The average molecular weight is 483 g/mol. The smallest absolute Gasteiger partial charge is 0.352 e. The largest absolute Gasteiger partial charge is 0.393 e. The summed E-state index contributed by atoms with van der Waals surface area (Å²) in [5, 5.41) is 11.7. The van der Waals surface area contributed by atoms with Crippen LogP contribution in [0, 0.1) is 5.92 Å². The molecule has 3 aromatic heterocycles. The molecular formula is C21H25F3N6S2. The first kappa shape index (κ1) is 21.8. The molecule has 6 nitrogen and oxygen atoms in total. The fourth-order valence-electron chi connectivity index (χ4n) is 4.63. The third-order valence-corrected chi connectivity index (χ3v) is 8.28. The second-order valence-electron chi connectivity index (χ2n) is 8.58. The number of rotatable bonds is 5. The molecule has 11 heteroatoms. The minimum atomic E-state index is -4.22. The van der Waals surface area contributed by atoms with Crippen molar-refractivity contribution in [2.45, 2.75) is 51.1 Å². The molecule has 1 saturated heterocycles. The monoisotopic (exact) mass is 482 g/mol. The Labute approximate surface area is 192 Å². The van der Waals surface area contributed by atoms with Gasteiger partial charge >= 0.3 is 6.18 Å². The van der Waals surface area contributed by atoms with E-state index in [2.05, 4.69) is 30.0 Å². The summed E-state index contributed by atoms with van der Waals surface area (Å²) in [7, 11) is 0. The Hall–Kier alpha value is -2.01. The molecule has 5 rings (SSSR count). The number of aromatic nitrogens is 4. The van der Waals surface area contributed by atoms with E-state index in [4.69, 9.17) is 0 Å².